The molecule has 1 amide bonds. The summed E-state index contributed by atoms with van der Waals surface area (Å²) in [5.41, 5.74) is 0.0788. The minimum Gasteiger partial charge on any atom is -0.356 e. The highest BCUT2D eigenvalue weighted by molar-refractivity contribution is 7.15. The van der Waals surface area contributed by atoms with Gasteiger partial charge in [-0.3, -0.25) is 9.69 Å². The number of piperazine rings is 1. The molecule has 1 atom stereocenters. The van der Waals surface area contributed by atoms with E-state index in [1.807, 2.05) is 0 Å². The number of carbonyl (C=O) groups is 1. The monoisotopic (exact) mass is 309 g/mol. The number of anilines is 1. The average molecular weight is 309 g/mol. The van der Waals surface area contributed by atoms with Gasteiger partial charge in [0.05, 0.1) is 0 Å². The molecular weight excluding hydrogens is 286 g/mol. The van der Waals surface area contributed by atoms with Crippen LogP contribution in [0.25, 0.3) is 0 Å². The molecule has 2 aliphatic heterocycles. The van der Waals surface area contributed by atoms with Crippen molar-refractivity contribution in [2.75, 3.05) is 38.1 Å². The average Bonchev–Trinajstić information content (AvgIpc) is 2.89. The van der Waals surface area contributed by atoms with Crippen molar-refractivity contribution in [3.63, 3.8) is 0 Å². The summed E-state index contributed by atoms with van der Waals surface area (Å²) in [6.45, 7) is 5.82. The van der Waals surface area contributed by atoms with Crippen LogP contribution in [-0.2, 0) is 11.2 Å². The van der Waals surface area contributed by atoms with Crippen LogP contribution in [0.5, 0.6) is 0 Å². The third-order valence-electron chi connectivity index (χ3n) is 4.76. The van der Waals surface area contributed by atoms with Crippen LogP contribution in [0.1, 0.15) is 31.2 Å². The molecule has 0 saturated carbocycles. The van der Waals surface area contributed by atoms with Crippen LogP contribution < -0.4 is 10.2 Å². The molecule has 116 valence electrons. The first-order valence-corrected chi connectivity index (χ1v) is 8.50. The van der Waals surface area contributed by atoms with Gasteiger partial charge in [0, 0.05) is 38.1 Å². The normalized spacial score (nSPS) is 27.7. The number of hydrogen-bond donors (Lipinski definition) is 1. The summed E-state index contributed by atoms with van der Waals surface area (Å²) < 4.78 is 0. The fourth-order valence-electron chi connectivity index (χ4n) is 3.28. The Balaban J connectivity index is 1.78. The highest BCUT2D eigenvalue weighted by Crippen LogP contribution is 2.33. The zero-order valence-electron chi connectivity index (χ0n) is 12.8. The molecule has 7 heteroatoms. The molecule has 3 heterocycles. The van der Waals surface area contributed by atoms with E-state index in [2.05, 4.69) is 39.3 Å². The van der Waals surface area contributed by atoms with Gasteiger partial charge in [0.2, 0.25) is 11.0 Å². The van der Waals surface area contributed by atoms with Gasteiger partial charge in [-0.1, -0.05) is 18.3 Å². The standard InChI is InChI=1S/C14H23N5OS/c1-3-12-16-17-13(21-12)19-9-8-18(2)14(10-19)5-4-11(20)15-7-6-14/h3-10H2,1-2H3,(H,15,20). The van der Waals surface area contributed by atoms with Crippen molar-refractivity contribution >= 4 is 22.4 Å². The van der Waals surface area contributed by atoms with Crippen LogP contribution in [0, 0.1) is 0 Å². The Morgan fingerprint density at radius 2 is 2.19 bits per heavy atom. The van der Waals surface area contributed by atoms with E-state index in [-0.39, 0.29) is 11.4 Å². The van der Waals surface area contributed by atoms with Crippen molar-refractivity contribution < 1.29 is 4.79 Å². The summed E-state index contributed by atoms with van der Waals surface area (Å²) in [6, 6.07) is 0. The second-order valence-corrected chi connectivity index (χ2v) is 7.04. The van der Waals surface area contributed by atoms with Gasteiger partial charge in [0.1, 0.15) is 5.01 Å². The number of amides is 1. The predicted octanol–water partition coefficient (Wildman–Crippen LogP) is 0.891. The maximum atomic E-state index is 11.6. The molecule has 1 aromatic heterocycles. The van der Waals surface area contributed by atoms with Crippen LogP contribution in [0.15, 0.2) is 0 Å². The smallest absolute Gasteiger partial charge is 0.220 e. The zero-order chi connectivity index (χ0) is 14.9. The summed E-state index contributed by atoms with van der Waals surface area (Å²) in [6.07, 6.45) is 3.49. The highest BCUT2D eigenvalue weighted by atomic mass is 32.1. The Kier molecular flexibility index (Phi) is 4.12. The van der Waals surface area contributed by atoms with Gasteiger partial charge in [-0.05, 0) is 26.3 Å². The molecular formula is C14H23N5OS. The van der Waals surface area contributed by atoms with Crippen molar-refractivity contribution in [1.82, 2.24) is 20.4 Å². The van der Waals surface area contributed by atoms with Gasteiger partial charge in [-0.15, -0.1) is 10.2 Å². The Labute approximate surface area is 129 Å². The van der Waals surface area contributed by atoms with Gasteiger partial charge in [0.15, 0.2) is 0 Å². The fourth-order valence-corrected chi connectivity index (χ4v) is 4.08. The minimum atomic E-state index is 0.0788. The molecule has 1 spiro atoms. The summed E-state index contributed by atoms with van der Waals surface area (Å²) in [5, 5.41) is 13.7. The predicted molar refractivity (Wildman–Crippen MR) is 83.7 cm³/mol. The van der Waals surface area contributed by atoms with Crippen LogP contribution >= 0.6 is 11.3 Å². The van der Waals surface area contributed by atoms with E-state index >= 15 is 0 Å². The molecule has 1 N–H and O–H groups in total. The van der Waals surface area contributed by atoms with Gasteiger partial charge in [-0.2, -0.15) is 0 Å². The van der Waals surface area contributed by atoms with E-state index in [0.29, 0.717) is 6.42 Å². The third-order valence-corrected chi connectivity index (χ3v) is 5.89. The lowest BCUT2D eigenvalue weighted by Gasteiger charge is -2.49. The van der Waals surface area contributed by atoms with Crippen LogP contribution in [0.2, 0.25) is 0 Å². The van der Waals surface area contributed by atoms with E-state index in [1.54, 1.807) is 11.3 Å². The van der Waals surface area contributed by atoms with Gasteiger partial charge in [0.25, 0.3) is 0 Å². The molecule has 1 aromatic rings. The molecule has 2 aliphatic rings. The second kappa shape index (κ2) is 5.88. The summed E-state index contributed by atoms with van der Waals surface area (Å²) in [5.74, 6) is 0.182. The number of hydrogen-bond acceptors (Lipinski definition) is 6. The molecule has 6 nitrogen and oxygen atoms in total. The number of aromatic nitrogens is 2. The summed E-state index contributed by atoms with van der Waals surface area (Å²) in [7, 11) is 2.19. The lowest BCUT2D eigenvalue weighted by molar-refractivity contribution is -0.120. The van der Waals surface area contributed by atoms with Gasteiger partial charge >= 0.3 is 0 Å². The van der Waals surface area contributed by atoms with Crippen molar-refractivity contribution in [3.8, 4) is 0 Å². The number of likely N-dealkylation sites (N-methyl/N-ethyl adjacent to an activating group) is 1. The zero-order valence-corrected chi connectivity index (χ0v) is 13.6. The Bertz CT molecular complexity index is 519. The summed E-state index contributed by atoms with van der Waals surface area (Å²) in [4.78, 5) is 16.4. The first-order valence-electron chi connectivity index (χ1n) is 7.68. The lowest BCUT2D eigenvalue weighted by Crippen LogP contribution is -2.61. The van der Waals surface area contributed by atoms with E-state index in [0.717, 1.165) is 55.6 Å². The maximum absolute atomic E-state index is 11.6. The van der Waals surface area contributed by atoms with Crippen LogP contribution in [0.3, 0.4) is 0 Å². The molecule has 0 radical (unpaired) electrons. The molecule has 2 saturated heterocycles. The van der Waals surface area contributed by atoms with E-state index in [4.69, 9.17) is 0 Å². The molecule has 1 unspecified atom stereocenters. The number of nitrogens with one attached hydrogen (secondary N) is 1. The van der Waals surface area contributed by atoms with Gasteiger partial charge in [-0.25, -0.2) is 0 Å². The summed E-state index contributed by atoms with van der Waals surface area (Å²) >= 11 is 1.70. The molecule has 0 aliphatic carbocycles. The van der Waals surface area contributed by atoms with Crippen molar-refractivity contribution in [2.45, 2.75) is 38.1 Å². The SMILES string of the molecule is CCc1nnc(N2CCN(C)C3(CCNC(=O)CC3)C2)s1. The van der Waals surface area contributed by atoms with Crippen LogP contribution in [-0.4, -0.2) is 59.8 Å². The second-order valence-electron chi connectivity index (χ2n) is 6.00. The molecule has 2 fully saturated rings. The van der Waals surface area contributed by atoms with E-state index in [9.17, 15) is 4.79 Å². The molecule has 3 rings (SSSR count). The van der Waals surface area contributed by atoms with Crippen molar-refractivity contribution in [1.29, 1.82) is 0 Å². The largest absolute Gasteiger partial charge is 0.356 e. The number of nitrogens with zero attached hydrogens (tertiary/aromatic N) is 4. The number of aryl methyl sites for hydroxylation is 1. The van der Waals surface area contributed by atoms with Crippen LogP contribution in [0.4, 0.5) is 5.13 Å². The van der Waals surface area contributed by atoms with E-state index in [1.165, 1.54) is 0 Å². The van der Waals surface area contributed by atoms with Crippen molar-refractivity contribution in [2.24, 2.45) is 0 Å². The first kappa shape index (κ1) is 14.7. The highest BCUT2D eigenvalue weighted by Gasteiger charge is 2.41. The maximum Gasteiger partial charge on any atom is 0.220 e. The third kappa shape index (κ3) is 2.89. The Hall–Kier alpha value is -1.21. The quantitative estimate of drug-likeness (QED) is 0.879. The fraction of sp³-hybridized carbons (Fsp3) is 0.786. The Morgan fingerprint density at radius 1 is 1.33 bits per heavy atom. The Morgan fingerprint density at radius 3 is 2.95 bits per heavy atom. The molecule has 21 heavy (non-hydrogen) atoms. The molecule has 0 bridgehead atoms. The van der Waals surface area contributed by atoms with E-state index < -0.39 is 0 Å². The van der Waals surface area contributed by atoms with Gasteiger partial charge < -0.3 is 10.2 Å². The lowest BCUT2D eigenvalue weighted by atomic mass is 9.86. The molecule has 0 aromatic carbocycles. The number of rotatable bonds is 2. The minimum absolute atomic E-state index is 0.0788. The topological polar surface area (TPSA) is 61.4 Å². The first-order chi connectivity index (χ1) is 10.1. The number of carbonyl (C=O) groups excluding carboxylic acids is 1. The van der Waals surface area contributed by atoms with Crippen molar-refractivity contribution in [3.05, 3.63) is 5.01 Å².